The van der Waals surface area contributed by atoms with Crippen molar-refractivity contribution in [1.82, 2.24) is 4.98 Å². The molecule has 122 valence electrons. The van der Waals surface area contributed by atoms with Gasteiger partial charge in [0, 0.05) is 16.0 Å². The maximum absolute atomic E-state index is 14.1. The molecule has 3 rings (SSSR count). The lowest BCUT2D eigenvalue weighted by Gasteiger charge is -2.07. The van der Waals surface area contributed by atoms with E-state index in [-0.39, 0.29) is 17.9 Å². The minimum absolute atomic E-state index is 0.0328. The van der Waals surface area contributed by atoms with Crippen LogP contribution in [0.4, 0.5) is 4.39 Å². The van der Waals surface area contributed by atoms with Crippen LogP contribution in [0.1, 0.15) is 15.4 Å². The highest BCUT2D eigenvalue weighted by atomic mass is 35.5. The van der Waals surface area contributed by atoms with Gasteiger partial charge in [-0.1, -0.05) is 29.8 Å². The normalized spacial score (nSPS) is 10.6. The minimum Gasteiger partial charge on any atom is -0.483 e. The molecule has 0 aliphatic carbocycles. The molecule has 0 aliphatic heterocycles. The average molecular weight is 363 g/mol. The molecule has 2 aromatic carbocycles. The smallest absolute Gasteiger partial charge is 0.251 e. The summed E-state index contributed by atoms with van der Waals surface area (Å²) in [7, 11) is 0. The van der Waals surface area contributed by atoms with Crippen molar-refractivity contribution in [3.63, 3.8) is 0 Å². The number of carbonyl (C=O) groups is 1. The average Bonchev–Trinajstić information content (AvgIpc) is 3.03. The zero-order valence-electron chi connectivity index (χ0n) is 12.3. The van der Waals surface area contributed by atoms with Crippen molar-refractivity contribution >= 4 is 28.8 Å². The summed E-state index contributed by atoms with van der Waals surface area (Å²) in [6.07, 6.45) is 0. The van der Waals surface area contributed by atoms with E-state index in [9.17, 15) is 9.18 Å². The summed E-state index contributed by atoms with van der Waals surface area (Å²) >= 11 is 7.27. The second kappa shape index (κ2) is 6.98. The van der Waals surface area contributed by atoms with Crippen molar-refractivity contribution in [2.45, 2.75) is 6.61 Å². The molecule has 7 heteroatoms. The summed E-state index contributed by atoms with van der Waals surface area (Å²) in [6, 6.07) is 11.6. The van der Waals surface area contributed by atoms with Crippen LogP contribution in [-0.4, -0.2) is 10.9 Å². The molecule has 1 aromatic heterocycles. The van der Waals surface area contributed by atoms with Crippen molar-refractivity contribution < 1.29 is 13.9 Å². The predicted octanol–water partition coefficient (Wildman–Crippen LogP) is 4.28. The van der Waals surface area contributed by atoms with Crippen LogP contribution in [0.5, 0.6) is 5.75 Å². The van der Waals surface area contributed by atoms with Gasteiger partial charge in [-0.25, -0.2) is 9.37 Å². The molecule has 0 fully saturated rings. The molecule has 0 atom stereocenters. The van der Waals surface area contributed by atoms with Crippen LogP contribution in [0.15, 0.2) is 47.8 Å². The molecule has 1 amide bonds. The Hall–Kier alpha value is -2.44. The third kappa shape index (κ3) is 3.55. The first-order valence-electron chi connectivity index (χ1n) is 6.96. The highest BCUT2D eigenvalue weighted by Gasteiger charge is 2.14. The lowest BCUT2D eigenvalue weighted by atomic mass is 10.2. The van der Waals surface area contributed by atoms with Gasteiger partial charge in [-0.3, -0.25) is 4.79 Å². The Kier molecular flexibility index (Phi) is 4.78. The molecule has 0 radical (unpaired) electrons. The van der Waals surface area contributed by atoms with Crippen LogP contribution in [0.3, 0.4) is 0 Å². The number of hydrogen-bond acceptors (Lipinski definition) is 4. The standard InChI is InChI=1S/C17H12ClFN2O2S/c18-11-6-4-10(5-7-11)13-9-24-15(21-13)8-23-14-3-1-2-12(16(14)19)17(20)22/h1-7,9H,8H2,(H2,20,22). The third-order valence-corrected chi connectivity index (χ3v) is 4.35. The summed E-state index contributed by atoms with van der Waals surface area (Å²) in [4.78, 5) is 15.6. The Morgan fingerprint density at radius 1 is 1.25 bits per heavy atom. The Morgan fingerprint density at radius 3 is 2.71 bits per heavy atom. The van der Waals surface area contributed by atoms with Crippen LogP contribution in [-0.2, 0) is 6.61 Å². The molecular formula is C17H12ClFN2O2S. The van der Waals surface area contributed by atoms with Gasteiger partial charge in [0.2, 0.25) is 0 Å². The monoisotopic (exact) mass is 362 g/mol. The van der Waals surface area contributed by atoms with Gasteiger partial charge >= 0.3 is 0 Å². The van der Waals surface area contributed by atoms with Crippen molar-refractivity contribution in [2.75, 3.05) is 0 Å². The Bertz CT molecular complexity index is 881. The van der Waals surface area contributed by atoms with Crippen LogP contribution in [0, 0.1) is 5.82 Å². The first-order valence-corrected chi connectivity index (χ1v) is 8.22. The lowest BCUT2D eigenvalue weighted by molar-refractivity contribution is 0.0995. The van der Waals surface area contributed by atoms with Crippen molar-refractivity contribution in [3.8, 4) is 17.0 Å². The first-order chi connectivity index (χ1) is 11.5. The van der Waals surface area contributed by atoms with Gasteiger partial charge < -0.3 is 10.5 Å². The Balaban J connectivity index is 1.73. The maximum Gasteiger partial charge on any atom is 0.251 e. The highest BCUT2D eigenvalue weighted by Crippen LogP contribution is 2.25. The fourth-order valence-corrected chi connectivity index (χ4v) is 2.92. The molecular weight excluding hydrogens is 351 g/mol. The molecule has 0 aliphatic rings. The van der Waals surface area contributed by atoms with E-state index in [0.29, 0.717) is 10.0 Å². The van der Waals surface area contributed by atoms with Gasteiger partial charge in [0.15, 0.2) is 11.6 Å². The van der Waals surface area contributed by atoms with E-state index in [1.54, 1.807) is 12.1 Å². The van der Waals surface area contributed by atoms with Gasteiger partial charge in [0.25, 0.3) is 5.91 Å². The number of amides is 1. The zero-order chi connectivity index (χ0) is 17.1. The van der Waals surface area contributed by atoms with Crippen LogP contribution in [0.25, 0.3) is 11.3 Å². The number of carbonyl (C=O) groups excluding carboxylic acids is 1. The number of hydrogen-bond donors (Lipinski definition) is 1. The van der Waals surface area contributed by atoms with Crippen molar-refractivity contribution in [3.05, 3.63) is 69.3 Å². The SMILES string of the molecule is NC(=O)c1cccc(OCc2nc(-c3ccc(Cl)cc3)cs2)c1F. The van der Waals surface area contributed by atoms with E-state index in [1.807, 2.05) is 17.5 Å². The molecule has 0 unspecified atom stereocenters. The van der Waals surface area contributed by atoms with Gasteiger partial charge in [-0.05, 0) is 24.3 Å². The quantitative estimate of drug-likeness (QED) is 0.736. The number of halogens is 2. The Labute approximate surface area is 146 Å². The second-order valence-electron chi connectivity index (χ2n) is 4.90. The van der Waals surface area contributed by atoms with Gasteiger partial charge in [0.1, 0.15) is 11.6 Å². The van der Waals surface area contributed by atoms with E-state index >= 15 is 0 Å². The molecule has 0 bridgehead atoms. The summed E-state index contributed by atoms with van der Waals surface area (Å²) < 4.78 is 19.5. The topological polar surface area (TPSA) is 65.2 Å². The van der Waals surface area contributed by atoms with Gasteiger partial charge in [0.05, 0.1) is 11.3 Å². The fourth-order valence-electron chi connectivity index (χ4n) is 2.08. The Morgan fingerprint density at radius 2 is 2.00 bits per heavy atom. The van der Waals surface area contributed by atoms with Gasteiger partial charge in [-0.2, -0.15) is 0 Å². The number of rotatable bonds is 5. The van der Waals surface area contributed by atoms with Crippen LogP contribution in [0.2, 0.25) is 5.02 Å². The predicted molar refractivity (Wildman–Crippen MR) is 91.8 cm³/mol. The number of aromatic nitrogens is 1. The molecule has 0 spiro atoms. The van der Waals surface area contributed by atoms with E-state index in [4.69, 9.17) is 22.1 Å². The number of thiazole rings is 1. The molecule has 1 heterocycles. The fraction of sp³-hybridized carbons (Fsp3) is 0.0588. The lowest BCUT2D eigenvalue weighted by Crippen LogP contribution is -2.13. The van der Waals surface area contributed by atoms with E-state index in [1.165, 1.54) is 29.5 Å². The van der Waals surface area contributed by atoms with E-state index in [2.05, 4.69) is 4.98 Å². The molecule has 3 aromatic rings. The summed E-state index contributed by atoms with van der Waals surface area (Å²) in [6.45, 7) is 0.0946. The number of ether oxygens (including phenoxy) is 1. The van der Waals surface area contributed by atoms with Crippen molar-refractivity contribution in [1.29, 1.82) is 0 Å². The minimum atomic E-state index is -0.836. The van der Waals surface area contributed by atoms with Crippen LogP contribution < -0.4 is 10.5 Å². The largest absolute Gasteiger partial charge is 0.483 e. The van der Waals surface area contributed by atoms with Gasteiger partial charge in [-0.15, -0.1) is 11.3 Å². The van der Waals surface area contributed by atoms with E-state index < -0.39 is 11.7 Å². The molecule has 4 nitrogen and oxygen atoms in total. The van der Waals surface area contributed by atoms with E-state index in [0.717, 1.165) is 11.3 Å². The molecule has 24 heavy (non-hydrogen) atoms. The number of nitrogens with two attached hydrogens (primary N) is 1. The summed E-state index contributed by atoms with van der Waals surface area (Å²) in [5.41, 5.74) is 6.64. The zero-order valence-corrected chi connectivity index (χ0v) is 13.9. The second-order valence-corrected chi connectivity index (χ2v) is 6.28. The molecule has 2 N–H and O–H groups in total. The summed E-state index contributed by atoms with van der Waals surface area (Å²) in [5, 5.41) is 3.23. The van der Waals surface area contributed by atoms with Crippen LogP contribution >= 0.6 is 22.9 Å². The molecule has 0 saturated heterocycles. The number of primary amides is 1. The third-order valence-electron chi connectivity index (χ3n) is 3.27. The molecule has 0 saturated carbocycles. The summed E-state index contributed by atoms with van der Waals surface area (Å²) in [5.74, 6) is -1.63. The highest BCUT2D eigenvalue weighted by molar-refractivity contribution is 7.09. The number of nitrogens with zero attached hydrogens (tertiary/aromatic N) is 1. The maximum atomic E-state index is 14.1. The first kappa shape index (κ1) is 16.4. The number of benzene rings is 2. The van der Waals surface area contributed by atoms with Crippen molar-refractivity contribution in [2.24, 2.45) is 5.73 Å².